The fourth-order valence-corrected chi connectivity index (χ4v) is 4.32. The molecule has 3 N–H and O–H groups in total. The molecule has 2 aromatic carbocycles. The van der Waals surface area contributed by atoms with Crippen LogP contribution in [0.3, 0.4) is 0 Å². The molecule has 0 saturated heterocycles. The maximum Gasteiger partial charge on any atom is 0.266 e. The highest BCUT2D eigenvalue weighted by Gasteiger charge is 2.21. The van der Waals surface area contributed by atoms with Gasteiger partial charge in [-0.3, -0.25) is 9.52 Å². The molecule has 1 amide bonds. The van der Waals surface area contributed by atoms with Crippen molar-refractivity contribution in [3.8, 4) is 5.75 Å². The van der Waals surface area contributed by atoms with E-state index in [1.807, 2.05) is 6.07 Å². The maximum atomic E-state index is 14.1. The van der Waals surface area contributed by atoms with Crippen molar-refractivity contribution in [1.82, 2.24) is 15.4 Å². The van der Waals surface area contributed by atoms with Crippen molar-refractivity contribution < 1.29 is 22.3 Å². The van der Waals surface area contributed by atoms with Gasteiger partial charge in [0.15, 0.2) is 5.11 Å². The molecule has 0 fully saturated rings. The first-order valence-corrected chi connectivity index (χ1v) is 11.8. The van der Waals surface area contributed by atoms with Crippen LogP contribution in [0.15, 0.2) is 41.3 Å². The third-order valence-electron chi connectivity index (χ3n) is 4.75. The highest BCUT2D eigenvalue weighted by Crippen LogP contribution is 2.28. The molecule has 7 nitrogen and oxygen atoms in total. The van der Waals surface area contributed by atoms with Crippen LogP contribution in [0.5, 0.6) is 5.75 Å². The number of amides is 1. The number of sulfonamides is 1. The van der Waals surface area contributed by atoms with Gasteiger partial charge < -0.3 is 15.4 Å². The van der Waals surface area contributed by atoms with Crippen molar-refractivity contribution in [2.45, 2.75) is 37.5 Å². The van der Waals surface area contributed by atoms with Crippen LogP contribution in [0.25, 0.3) is 0 Å². The van der Waals surface area contributed by atoms with Crippen molar-refractivity contribution in [1.29, 1.82) is 0 Å². The maximum absolute atomic E-state index is 14.1. The summed E-state index contributed by atoms with van der Waals surface area (Å²) >= 11 is 4.80. The molecule has 0 saturated carbocycles. The van der Waals surface area contributed by atoms with Gasteiger partial charge in [-0.15, -0.1) is 0 Å². The number of ether oxygens (including phenoxy) is 1. The lowest BCUT2D eigenvalue weighted by atomic mass is 9.86. The minimum Gasteiger partial charge on any atom is -0.496 e. The Morgan fingerprint density at radius 1 is 1.16 bits per heavy atom. The quantitative estimate of drug-likeness (QED) is 0.527. The summed E-state index contributed by atoms with van der Waals surface area (Å²) in [5.41, 5.74) is 1.80. The second-order valence-corrected chi connectivity index (χ2v) is 10.2. The first kappa shape index (κ1) is 25.5. The number of methoxy groups -OCH3 is 1. The summed E-state index contributed by atoms with van der Waals surface area (Å²) in [5, 5.41) is 5.13. The highest BCUT2D eigenvalue weighted by molar-refractivity contribution is 7.91. The number of nitrogens with one attached hydrogen (secondary N) is 3. The van der Waals surface area contributed by atoms with E-state index in [4.69, 9.17) is 17.0 Å². The minimum atomic E-state index is -4.17. The molecule has 2 aromatic rings. The van der Waals surface area contributed by atoms with Crippen LogP contribution in [0.1, 0.15) is 42.3 Å². The van der Waals surface area contributed by atoms with Gasteiger partial charge in [-0.05, 0) is 59.4 Å². The Labute approximate surface area is 193 Å². The summed E-state index contributed by atoms with van der Waals surface area (Å²) in [6.45, 7) is 6.37. The normalized spacial score (nSPS) is 11.6. The van der Waals surface area contributed by atoms with E-state index >= 15 is 0 Å². The molecule has 0 aliphatic rings. The SMILES string of the molecule is CNC(=S)NS(=O)(=O)c1cc(CCNC(=O)c2cc(C(C)(C)C)ccc2OC)ccc1F. The van der Waals surface area contributed by atoms with Gasteiger partial charge in [0, 0.05) is 13.6 Å². The van der Waals surface area contributed by atoms with E-state index in [-0.39, 0.29) is 23.0 Å². The van der Waals surface area contributed by atoms with Crippen LogP contribution in [-0.4, -0.2) is 40.1 Å². The average Bonchev–Trinajstić information content (AvgIpc) is 2.73. The van der Waals surface area contributed by atoms with E-state index in [2.05, 4.69) is 36.1 Å². The third kappa shape index (κ3) is 6.39. The van der Waals surface area contributed by atoms with Gasteiger partial charge in [0.05, 0.1) is 12.7 Å². The monoisotopic (exact) mass is 481 g/mol. The Bertz CT molecular complexity index is 1110. The van der Waals surface area contributed by atoms with Gasteiger partial charge in [0.25, 0.3) is 15.9 Å². The van der Waals surface area contributed by atoms with E-state index in [0.29, 0.717) is 23.3 Å². The van der Waals surface area contributed by atoms with Gasteiger partial charge in [0.2, 0.25) is 0 Å². The summed E-state index contributed by atoms with van der Waals surface area (Å²) in [6.07, 6.45) is 0.298. The fraction of sp³-hybridized carbons (Fsp3) is 0.364. The predicted molar refractivity (Wildman–Crippen MR) is 126 cm³/mol. The summed E-state index contributed by atoms with van der Waals surface area (Å²) in [7, 11) is -1.22. The van der Waals surface area contributed by atoms with Crippen LogP contribution in [0.4, 0.5) is 4.39 Å². The third-order valence-corrected chi connectivity index (χ3v) is 6.55. The van der Waals surface area contributed by atoms with Crippen LogP contribution in [0.2, 0.25) is 0 Å². The summed E-state index contributed by atoms with van der Waals surface area (Å²) in [4.78, 5) is 12.2. The van der Waals surface area contributed by atoms with Crippen LogP contribution in [-0.2, 0) is 21.9 Å². The molecule has 0 radical (unpaired) electrons. The number of carbonyl (C=O) groups is 1. The first-order valence-electron chi connectivity index (χ1n) is 9.88. The Morgan fingerprint density at radius 3 is 2.44 bits per heavy atom. The van der Waals surface area contributed by atoms with Gasteiger partial charge in [-0.2, -0.15) is 0 Å². The number of rotatable bonds is 7. The smallest absolute Gasteiger partial charge is 0.266 e. The van der Waals surface area contributed by atoms with Crippen LogP contribution in [0, 0.1) is 5.82 Å². The zero-order valence-electron chi connectivity index (χ0n) is 18.7. The van der Waals surface area contributed by atoms with Crippen LogP contribution < -0.4 is 20.1 Å². The summed E-state index contributed by atoms with van der Waals surface area (Å²) in [5.74, 6) is -0.755. The number of thiocarbonyl (C=S) groups is 1. The zero-order chi connectivity index (χ0) is 24.1. The first-order chi connectivity index (χ1) is 14.9. The summed E-state index contributed by atoms with van der Waals surface area (Å²) < 4.78 is 46.3. The number of halogens is 1. The van der Waals surface area contributed by atoms with Crippen molar-refractivity contribution in [2.24, 2.45) is 0 Å². The fourth-order valence-electron chi connectivity index (χ4n) is 2.90. The standard InChI is InChI=1S/C22H28FN3O4S2/c1-22(2,3)15-7-9-18(30-5)16(13-15)20(27)25-11-10-14-6-8-17(23)19(12-14)32(28,29)26-21(31)24-4/h6-9,12-13H,10-11H2,1-5H3,(H,25,27)(H2,24,26,31). The Balaban J connectivity index is 2.14. The molecular formula is C22H28FN3O4S2. The molecule has 0 aliphatic heterocycles. The molecule has 0 atom stereocenters. The minimum absolute atomic E-state index is 0.138. The van der Waals surface area contributed by atoms with E-state index < -0.39 is 20.7 Å². The van der Waals surface area contributed by atoms with Gasteiger partial charge in [-0.25, -0.2) is 12.8 Å². The second kappa shape index (κ2) is 10.3. The number of hydrogen-bond acceptors (Lipinski definition) is 5. The largest absolute Gasteiger partial charge is 0.496 e. The molecule has 10 heteroatoms. The Hall–Kier alpha value is -2.72. The van der Waals surface area contributed by atoms with Crippen molar-refractivity contribution >= 4 is 33.3 Å². The Morgan fingerprint density at radius 2 is 1.84 bits per heavy atom. The molecule has 0 spiro atoms. The molecule has 0 aromatic heterocycles. The van der Waals surface area contributed by atoms with E-state index in [9.17, 15) is 17.6 Å². The molecule has 0 aliphatic carbocycles. The average molecular weight is 482 g/mol. The van der Waals surface area contributed by atoms with Crippen molar-refractivity contribution in [2.75, 3.05) is 20.7 Å². The molecule has 0 heterocycles. The number of hydrogen-bond donors (Lipinski definition) is 3. The lowest BCUT2D eigenvalue weighted by Gasteiger charge is -2.21. The number of benzene rings is 2. The van der Waals surface area contributed by atoms with E-state index in [0.717, 1.165) is 11.6 Å². The van der Waals surface area contributed by atoms with Gasteiger partial charge in [-0.1, -0.05) is 32.9 Å². The van der Waals surface area contributed by atoms with Crippen molar-refractivity contribution in [3.05, 3.63) is 58.9 Å². The molecule has 174 valence electrons. The highest BCUT2D eigenvalue weighted by atomic mass is 32.2. The molecule has 32 heavy (non-hydrogen) atoms. The molecule has 0 unspecified atom stereocenters. The number of carbonyl (C=O) groups excluding carboxylic acids is 1. The predicted octanol–water partition coefficient (Wildman–Crippen LogP) is 2.89. The molecule has 0 bridgehead atoms. The summed E-state index contributed by atoms with van der Waals surface area (Å²) in [6, 6.07) is 9.25. The Kier molecular flexibility index (Phi) is 8.19. The lowest BCUT2D eigenvalue weighted by molar-refractivity contribution is 0.0951. The van der Waals surface area contributed by atoms with Gasteiger partial charge >= 0.3 is 0 Å². The molecular weight excluding hydrogens is 453 g/mol. The van der Waals surface area contributed by atoms with Crippen LogP contribution >= 0.6 is 12.2 Å². The van der Waals surface area contributed by atoms with E-state index in [1.165, 1.54) is 26.3 Å². The topological polar surface area (TPSA) is 96.5 Å². The lowest BCUT2D eigenvalue weighted by Crippen LogP contribution is -2.37. The van der Waals surface area contributed by atoms with E-state index in [1.54, 1.807) is 12.1 Å². The van der Waals surface area contributed by atoms with Crippen molar-refractivity contribution in [3.63, 3.8) is 0 Å². The second-order valence-electron chi connectivity index (χ2n) is 8.12. The molecule has 2 rings (SSSR count). The zero-order valence-corrected chi connectivity index (χ0v) is 20.3. The van der Waals surface area contributed by atoms with Gasteiger partial charge in [0.1, 0.15) is 16.5 Å².